The molecule has 2 aliphatic rings. The van der Waals surface area contributed by atoms with E-state index in [1.807, 2.05) is 0 Å². The van der Waals surface area contributed by atoms with E-state index in [0.29, 0.717) is 11.5 Å². The first-order chi connectivity index (χ1) is 18.0. The molecular weight excluding hydrogens is 526 g/mol. The first-order valence-corrected chi connectivity index (χ1v) is 14.1. The summed E-state index contributed by atoms with van der Waals surface area (Å²) in [5.74, 6) is 0.231. The number of fused-ring (bicyclic) bond motifs is 1. The number of aliphatic hydroxyl groups is 2. The Morgan fingerprint density at radius 1 is 1.18 bits per heavy atom. The first-order valence-electron chi connectivity index (χ1n) is 11.8. The summed E-state index contributed by atoms with van der Waals surface area (Å²) in [6.07, 6.45) is -2.01. The van der Waals surface area contributed by atoms with Gasteiger partial charge in [-0.25, -0.2) is 0 Å². The third kappa shape index (κ3) is 5.34. The van der Waals surface area contributed by atoms with Gasteiger partial charge in [-0.3, -0.25) is 0 Å². The number of aliphatic hydroxyl groups excluding tert-OH is 2. The van der Waals surface area contributed by atoms with Crippen molar-refractivity contribution in [1.29, 1.82) is 0 Å². The number of hydrogen-bond donors (Lipinski definition) is 5. The second-order valence-corrected chi connectivity index (χ2v) is 11.5. The van der Waals surface area contributed by atoms with Gasteiger partial charge in [0.2, 0.25) is 0 Å². The Hall–Kier alpha value is -2.83. The summed E-state index contributed by atoms with van der Waals surface area (Å²) >= 11 is 0. The topological polar surface area (TPSA) is 235 Å². The second kappa shape index (κ2) is 10.4. The summed E-state index contributed by atoms with van der Waals surface area (Å²) in [6.45, 7) is 1.02. The van der Waals surface area contributed by atoms with Crippen molar-refractivity contribution in [2.24, 2.45) is 0 Å². The van der Waals surface area contributed by atoms with E-state index in [9.17, 15) is 24.7 Å². The monoisotopic (exact) mass is 554 g/mol. The van der Waals surface area contributed by atoms with Crippen LogP contribution in [0.4, 0.5) is 5.95 Å². The van der Waals surface area contributed by atoms with Gasteiger partial charge in [0, 0.05) is 0 Å². The number of nitrogens with one attached hydrogen (secondary N) is 1. The Kier molecular flexibility index (Phi) is 7.32. The molecule has 2 saturated heterocycles. The van der Waals surface area contributed by atoms with Gasteiger partial charge in [-0.2, -0.15) is 0 Å². The van der Waals surface area contributed by atoms with E-state index in [2.05, 4.69) is 24.9 Å². The van der Waals surface area contributed by atoms with Gasteiger partial charge in [0.25, 0.3) is 0 Å². The van der Waals surface area contributed by atoms with Crippen LogP contribution < -0.4 is 17.0 Å². The molecule has 5 heterocycles. The Morgan fingerprint density at radius 3 is 2.63 bits per heavy atom. The minimum atomic E-state index is -3.82. The van der Waals surface area contributed by atoms with Crippen LogP contribution in [0.3, 0.4) is 0 Å². The molecule has 206 valence electrons. The molecule has 0 saturated carbocycles. The Morgan fingerprint density at radius 2 is 1.89 bits per heavy atom. The number of nitrogens with two attached hydrogens (primary N) is 1. The summed E-state index contributed by atoms with van der Waals surface area (Å²) in [7, 11) is -2.44. The minimum absolute atomic E-state index is 0.106. The van der Waals surface area contributed by atoms with Crippen LogP contribution in [-0.2, 0) is 18.5 Å². The molecule has 0 aromatic carbocycles. The number of nitrogen functional groups attached to an aromatic ring is 1. The number of aromatic nitrogens is 7. The molecule has 3 aromatic heterocycles. The third-order valence-electron chi connectivity index (χ3n) is 6.37. The molecule has 5 rings (SSSR count). The van der Waals surface area contributed by atoms with Crippen molar-refractivity contribution < 1.29 is 33.6 Å². The normalized spacial score (nSPS) is 28.3. The van der Waals surface area contributed by atoms with E-state index in [1.54, 1.807) is 11.5 Å². The molecule has 6 atom stereocenters. The number of aromatic amines is 1. The zero-order valence-electron chi connectivity index (χ0n) is 20.5. The van der Waals surface area contributed by atoms with Crippen molar-refractivity contribution in [3.8, 4) is 0 Å². The SMILES string of the molecule is B[PH](O)(OC[C@H]1O[C@@H](n2cnc3c(=O)[nH]c(C)nc32)C[C@H]1O)O[C@@H]1C[C@H](n2cnc(N)nc2=O)O[C@@H]1CO. The molecule has 0 aliphatic carbocycles. The van der Waals surface area contributed by atoms with Gasteiger partial charge in [0.1, 0.15) is 0 Å². The fraction of sp³-hybridized carbons (Fsp3) is 0.579. The van der Waals surface area contributed by atoms with Gasteiger partial charge < -0.3 is 0 Å². The summed E-state index contributed by atoms with van der Waals surface area (Å²) in [4.78, 5) is 53.5. The molecule has 19 heteroatoms. The fourth-order valence-corrected chi connectivity index (χ4v) is 5.90. The first kappa shape index (κ1) is 26.8. The maximum absolute atomic E-state index is 12.1. The van der Waals surface area contributed by atoms with Crippen LogP contribution in [0.2, 0.25) is 0 Å². The Labute approximate surface area is 215 Å². The van der Waals surface area contributed by atoms with E-state index in [-0.39, 0.29) is 36.5 Å². The van der Waals surface area contributed by atoms with Crippen molar-refractivity contribution in [3.63, 3.8) is 0 Å². The number of ether oxygens (including phenoxy) is 2. The van der Waals surface area contributed by atoms with Crippen molar-refractivity contribution in [2.45, 2.75) is 56.6 Å². The van der Waals surface area contributed by atoms with Gasteiger partial charge in [-0.15, -0.1) is 0 Å². The van der Waals surface area contributed by atoms with Gasteiger partial charge in [0.15, 0.2) is 0 Å². The average Bonchev–Trinajstić information content (AvgIpc) is 3.54. The van der Waals surface area contributed by atoms with Gasteiger partial charge >= 0.3 is 215 Å². The van der Waals surface area contributed by atoms with E-state index >= 15 is 0 Å². The van der Waals surface area contributed by atoms with Crippen LogP contribution in [0.15, 0.2) is 22.2 Å². The number of H-pyrrole nitrogens is 1. The van der Waals surface area contributed by atoms with Crippen LogP contribution in [0.1, 0.15) is 31.1 Å². The molecular formula is C19H28BN8O9P. The molecule has 2 fully saturated rings. The fourth-order valence-electron chi connectivity index (χ4n) is 4.55. The van der Waals surface area contributed by atoms with E-state index in [4.69, 9.17) is 24.3 Å². The number of aryl methyl sites for hydroxylation is 1. The van der Waals surface area contributed by atoms with Gasteiger partial charge in [0.05, 0.1) is 0 Å². The number of nitrogens with zero attached hydrogens (tertiary/aromatic N) is 6. The molecule has 17 nitrogen and oxygen atoms in total. The Balaban J connectivity index is 1.21. The molecule has 0 spiro atoms. The molecule has 2 aliphatic heterocycles. The molecule has 0 amide bonds. The van der Waals surface area contributed by atoms with Gasteiger partial charge in [-0.1, -0.05) is 0 Å². The van der Waals surface area contributed by atoms with Crippen LogP contribution in [0.25, 0.3) is 11.2 Å². The molecule has 3 aromatic rings. The number of imidazole rings is 1. The van der Waals surface area contributed by atoms with Crippen LogP contribution in [0, 0.1) is 6.92 Å². The van der Waals surface area contributed by atoms with Crippen LogP contribution >= 0.6 is 7.82 Å². The summed E-state index contributed by atoms with van der Waals surface area (Å²) in [5.41, 5.74) is 4.85. The zero-order valence-corrected chi connectivity index (χ0v) is 21.5. The molecule has 0 unspecified atom stereocenters. The van der Waals surface area contributed by atoms with Crippen molar-refractivity contribution in [3.05, 3.63) is 39.3 Å². The van der Waals surface area contributed by atoms with Crippen molar-refractivity contribution >= 4 is 32.5 Å². The number of hydrogen-bond acceptors (Lipinski definition) is 14. The zero-order chi connectivity index (χ0) is 27.2. The standard InChI is InChI=1S/C19H28BN8O9P/c1-8-24-16-15(17(31)25-8)22-6-27(16)13-2-9(30)12(36-13)5-34-38(20,33)37-10-3-14(35-11(10)4-29)28-7-23-18(21)26-19(28)32/h6-7,9-14,29-30,33,38H,2-5,20H2,1H3,(H2,21,26,32)(H,24,25,31)/t9-,10-,11-,12-,13-,14-/m1/s1. The predicted molar refractivity (Wildman–Crippen MR) is 134 cm³/mol. The van der Waals surface area contributed by atoms with Crippen LogP contribution in [0.5, 0.6) is 0 Å². The number of rotatable bonds is 8. The number of anilines is 1. The van der Waals surface area contributed by atoms with Crippen LogP contribution in [-0.4, -0.2) is 94.4 Å². The molecule has 0 radical (unpaired) electrons. The second-order valence-electron chi connectivity index (χ2n) is 9.22. The average molecular weight is 554 g/mol. The van der Waals surface area contributed by atoms with Gasteiger partial charge in [-0.05, 0) is 0 Å². The summed E-state index contributed by atoms with van der Waals surface area (Å²) in [5, 5.41) is 20.3. The molecule has 6 N–H and O–H groups in total. The van der Waals surface area contributed by atoms with E-state index in [0.717, 1.165) is 4.57 Å². The van der Waals surface area contributed by atoms with Crippen molar-refractivity contribution in [1.82, 2.24) is 34.1 Å². The predicted octanol–water partition coefficient (Wildman–Crippen LogP) is -2.97. The third-order valence-corrected chi connectivity index (χ3v) is 7.81. The summed E-state index contributed by atoms with van der Waals surface area (Å²) in [6, 6.07) is 0. The van der Waals surface area contributed by atoms with Crippen molar-refractivity contribution in [2.75, 3.05) is 18.9 Å². The maximum atomic E-state index is 12.1. The van der Waals surface area contributed by atoms with E-state index in [1.165, 1.54) is 20.2 Å². The van der Waals surface area contributed by atoms with E-state index < -0.39 is 57.0 Å². The molecule has 0 bridgehead atoms. The Bertz CT molecular complexity index is 1430. The quantitative estimate of drug-likeness (QED) is 0.138. The molecule has 38 heavy (non-hydrogen) atoms. The summed E-state index contributed by atoms with van der Waals surface area (Å²) < 4.78 is 25.8.